The summed E-state index contributed by atoms with van der Waals surface area (Å²) >= 11 is 1.69. The van der Waals surface area contributed by atoms with Gasteiger partial charge in [0, 0.05) is 9.75 Å². The van der Waals surface area contributed by atoms with Crippen LogP contribution in [0.4, 0.5) is 0 Å². The van der Waals surface area contributed by atoms with Gasteiger partial charge in [0.25, 0.3) is 0 Å². The largest absolute Gasteiger partial charge is 0.493 e. The Bertz CT molecular complexity index is 570. The second-order valence-electron chi connectivity index (χ2n) is 4.38. The Morgan fingerprint density at radius 2 is 1.60 bits per heavy atom. The molecule has 2 aromatic rings. The van der Waals surface area contributed by atoms with Crippen LogP contribution in [0.1, 0.15) is 21.4 Å². The van der Waals surface area contributed by atoms with Crippen molar-refractivity contribution in [3.05, 3.63) is 39.6 Å². The van der Waals surface area contributed by atoms with Gasteiger partial charge in [-0.3, -0.25) is 0 Å². The lowest BCUT2D eigenvalue weighted by Gasteiger charge is -2.17. The van der Waals surface area contributed by atoms with Crippen LogP contribution < -0.4 is 19.9 Å². The van der Waals surface area contributed by atoms with Gasteiger partial charge >= 0.3 is 0 Å². The highest BCUT2D eigenvalue weighted by molar-refractivity contribution is 7.12. The molecule has 0 fully saturated rings. The molecule has 1 unspecified atom stereocenters. The molecule has 20 heavy (non-hydrogen) atoms. The molecule has 4 nitrogen and oxygen atoms in total. The van der Waals surface area contributed by atoms with Gasteiger partial charge in [0.15, 0.2) is 11.5 Å². The molecule has 0 aliphatic heterocycles. The van der Waals surface area contributed by atoms with Crippen molar-refractivity contribution in [2.75, 3.05) is 21.3 Å². The van der Waals surface area contributed by atoms with Crippen molar-refractivity contribution in [2.24, 2.45) is 5.73 Å². The maximum atomic E-state index is 6.33. The van der Waals surface area contributed by atoms with Crippen molar-refractivity contribution in [1.82, 2.24) is 0 Å². The van der Waals surface area contributed by atoms with E-state index >= 15 is 0 Å². The summed E-state index contributed by atoms with van der Waals surface area (Å²) in [6, 6.07) is 7.69. The predicted molar refractivity (Wildman–Crippen MR) is 81.2 cm³/mol. The molecule has 1 aromatic carbocycles. The van der Waals surface area contributed by atoms with Gasteiger partial charge in [0.2, 0.25) is 5.75 Å². The summed E-state index contributed by atoms with van der Waals surface area (Å²) in [5.74, 6) is 1.81. The zero-order chi connectivity index (χ0) is 14.7. The maximum Gasteiger partial charge on any atom is 0.203 e. The molecular weight excluding hydrogens is 274 g/mol. The Labute approximate surface area is 123 Å². The minimum absolute atomic E-state index is 0.206. The van der Waals surface area contributed by atoms with Gasteiger partial charge in [-0.15, -0.1) is 11.3 Å². The van der Waals surface area contributed by atoms with Gasteiger partial charge in [-0.25, -0.2) is 0 Å². The number of thiophene rings is 1. The average Bonchev–Trinajstić information content (AvgIpc) is 2.91. The molecule has 108 valence electrons. The Balaban J connectivity index is 2.46. The summed E-state index contributed by atoms with van der Waals surface area (Å²) in [5, 5.41) is 0. The van der Waals surface area contributed by atoms with Crippen LogP contribution >= 0.6 is 11.3 Å². The zero-order valence-corrected chi connectivity index (χ0v) is 12.9. The van der Waals surface area contributed by atoms with Crippen LogP contribution in [-0.2, 0) is 0 Å². The first-order valence-electron chi connectivity index (χ1n) is 6.22. The summed E-state index contributed by atoms with van der Waals surface area (Å²) < 4.78 is 16.0. The number of hydrogen-bond acceptors (Lipinski definition) is 5. The second-order valence-corrected chi connectivity index (χ2v) is 5.70. The van der Waals surface area contributed by atoms with E-state index in [1.54, 1.807) is 32.7 Å². The molecule has 0 amide bonds. The molecule has 1 aromatic heterocycles. The highest BCUT2D eigenvalue weighted by Crippen LogP contribution is 2.40. The fourth-order valence-electron chi connectivity index (χ4n) is 2.07. The number of rotatable bonds is 5. The fraction of sp³-hybridized carbons (Fsp3) is 0.333. The third kappa shape index (κ3) is 2.73. The number of benzene rings is 1. The standard InChI is InChI=1S/C15H19NO3S/c1-9-5-6-13(20-9)14(16)10-7-11(17-2)15(19-4)12(8-10)18-3/h5-8,14H,16H2,1-4H3. The van der Waals surface area contributed by atoms with E-state index in [0.29, 0.717) is 17.2 Å². The summed E-state index contributed by atoms with van der Waals surface area (Å²) in [6.45, 7) is 2.07. The number of hydrogen-bond donors (Lipinski definition) is 1. The molecule has 1 heterocycles. The van der Waals surface area contributed by atoms with Gasteiger partial charge in [-0.1, -0.05) is 0 Å². The van der Waals surface area contributed by atoms with Crippen molar-refractivity contribution in [3.8, 4) is 17.2 Å². The van der Waals surface area contributed by atoms with Crippen molar-refractivity contribution in [2.45, 2.75) is 13.0 Å². The molecule has 5 heteroatoms. The molecule has 0 saturated heterocycles. The molecule has 0 saturated carbocycles. The van der Waals surface area contributed by atoms with Crippen LogP contribution in [0.15, 0.2) is 24.3 Å². The lowest BCUT2D eigenvalue weighted by Crippen LogP contribution is -2.11. The van der Waals surface area contributed by atoms with Gasteiger partial charge in [-0.05, 0) is 36.8 Å². The van der Waals surface area contributed by atoms with Gasteiger partial charge < -0.3 is 19.9 Å². The Kier molecular flexibility index (Phi) is 4.52. The maximum absolute atomic E-state index is 6.33. The second kappa shape index (κ2) is 6.15. The number of nitrogens with two attached hydrogens (primary N) is 1. The van der Waals surface area contributed by atoms with Crippen LogP contribution in [0.5, 0.6) is 17.2 Å². The molecule has 0 bridgehead atoms. The quantitative estimate of drug-likeness (QED) is 0.920. The summed E-state index contributed by atoms with van der Waals surface area (Å²) in [6.07, 6.45) is 0. The van der Waals surface area contributed by atoms with Gasteiger partial charge in [0.05, 0.1) is 27.4 Å². The van der Waals surface area contributed by atoms with E-state index in [-0.39, 0.29) is 6.04 Å². The summed E-state index contributed by atoms with van der Waals surface area (Å²) in [5.41, 5.74) is 7.26. The van der Waals surface area contributed by atoms with E-state index in [0.717, 1.165) is 10.4 Å². The lowest BCUT2D eigenvalue weighted by molar-refractivity contribution is 0.323. The molecule has 0 aliphatic rings. The smallest absolute Gasteiger partial charge is 0.203 e. The minimum Gasteiger partial charge on any atom is -0.493 e. The zero-order valence-electron chi connectivity index (χ0n) is 12.1. The molecule has 0 radical (unpaired) electrons. The van der Waals surface area contributed by atoms with Crippen molar-refractivity contribution >= 4 is 11.3 Å². The molecule has 0 spiro atoms. The number of ether oxygens (including phenoxy) is 3. The highest BCUT2D eigenvalue weighted by atomic mass is 32.1. The highest BCUT2D eigenvalue weighted by Gasteiger charge is 2.18. The lowest BCUT2D eigenvalue weighted by atomic mass is 10.0. The monoisotopic (exact) mass is 293 g/mol. The molecule has 1 atom stereocenters. The average molecular weight is 293 g/mol. The third-order valence-corrected chi connectivity index (χ3v) is 4.20. The van der Waals surface area contributed by atoms with E-state index in [2.05, 4.69) is 13.0 Å². The van der Waals surface area contributed by atoms with E-state index in [1.807, 2.05) is 18.2 Å². The van der Waals surface area contributed by atoms with Crippen LogP contribution in [0.3, 0.4) is 0 Å². The topological polar surface area (TPSA) is 53.7 Å². The minimum atomic E-state index is -0.206. The van der Waals surface area contributed by atoms with E-state index < -0.39 is 0 Å². The summed E-state index contributed by atoms with van der Waals surface area (Å²) in [4.78, 5) is 2.35. The van der Waals surface area contributed by atoms with Crippen LogP contribution in [0.2, 0.25) is 0 Å². The van der Waals surface area contributed by atoms with E-state index in [4.69, 9.17) is 19.9 Å². The summed E-state index contributed by atoms with van der Waals surface area (Å²) in [7, 11) is 4.78. The van der Waals surface area contributed by atoms with Crippen molar-refractivity contribution < 1.29 is 14.2 Å². The van der Waals surface area contributed by atoms with Gasteiger partial charge in [-0.2, -0.15) is 0 Å². The van der Waals surface area contributed by atoms with Crippen LogP contribution in [0.25, 0.3) is 0 Å². The molecule has 0 aliphatic carbocycles. The molecular formula is C15H19NO3S. The van der Waals surface area contributed by atoms with Crippen molar-refractivity contribution in [1.29, 1.82) is 0 Å². The van der Waals surface area contributed by atoms with Crippen LogP contribution in [0, 0.1) is 6.92 Å². The Morgan fingerprint density at radius 1 is 1.00 bits per heavy atom. The van der Waals surface area contributed by atoms with Crippen LogP contribution in [-0.4, -0.2) is 21.3 Å². The Hall–Kier alpha value is -1.72. The predicted octanol–water partition coefficient (Wildman–Crippen LogP) is 3.13. The first-order valence-corrected chi connectivity index (χ1v) is 7.04. The number of aryl methyl sites for hydroxylation is 1. The molecule has 2 rings (SSSR count). The van der Waals surface area contributed by atoms with E-state index in [9.17, 15) is 0 Å². The number of methoxy groups -OCH3 is 3. The fourth-order valence-corrected chi connectivity index (χ4v) is 2.97. The van der Waals surface area contributed by atoms with Gasteiger partial charge in [0.1, 0.15) is 0 Å². The van der Waals surface area contributed by atoms with E-state index in [1.165, 1.54) is 4.88 Å². The SMILES string of the molecule is COc1cc(C(N)c2ccc(C)s2)cc(OC)c1OC. The molecule has 2 N–H and O–H groups in total. The normalized spacial score (nSPS) is 12.1. The first-order chi connectivity index (χ1) is 9.60. The first kappa shape index (κ1) is 14.7. The third-order valence-electron chi connectivity index (χ3n) is 3.11. The van der Waals surface area contributed by atoms with Crippen molar-refractivity contribution in [3.63, 3.8) is 0 Å². The Morgan fingerprint density at radius 3 is 2.00 bits per heavy atom.